The molecule has 6 nitrogen and oxygen atoms in total. The molecule has 1 fully saturated rings. The first kappa shape index (κ1) is 20.5. The van der Waals surface area contributed by atoms with E-state index in [1.54, 1.807) is 24.8 Å². The van der Waals surface area contributed by atoms with Crippen LogP contribution in [-0.4, -0.2) is 37.1 Å². The van der Waals surface area contributed by atoms with E-state index in [2.05, 4.69) is 15.2 Å². The minimum Gasteiger partial charge on any atom is -0.495 e. The van der Waals surface area contributed by atoms with Gasteiger partial charge in [0.05, 0.1) is 24.0 Å². The average Bonchev–Trinajstić information content (AvgIpc) is 3.44. The molecule has 0 radical (unpaired) electrons. The predicted octanol–water partition coefficient (Wildman–Crippen LogP) is 4.39. The number of carbonyl (C=O) groups is 1. The summed E-state index contributed by atoms with van der Waals surface area (Å²) in [5, 5.41) is 5.72. The van der Waals surface area contributed by atoms with Gasteiger partial charge in [-0.25, -0.2) is 4.98 Å². The van der Waals surface area contributed by atoms with Crippen LogP contribution in [0.4, 0.5) is 5.69 Å². The number of hydrogen-bond acceptors (Lipinski definition) is 6. The van der Waals surface area contributed by atoms with Crippen molar-refractivity contribution in [1.29, 1.82) is 0 Å². The van der Waals surface area contributed by atoms with E-state index in [0.717, 1.165) is 30.1 Å². The Kier molecular flexibility index (Phi) is 6.40. The summed E-state index contributed by atoms with van der Waals surface area (Å²) in [7, 11) is 1.64. The van der Waals surface area contributed by atoms with Crippen LogP contribution in [-0.2, 0) is 6.61 Å². The van der Waals surface area contributed by atoms with Gasteiger partial charge < -0.3 is 19.7 Å². The van der Waals surface area contributed by atoms with E-state index >= 15 is 0 Å². The van der Waals surface area contributed by atoms with Crippen molar-refractivity contribution in [3.63, 3.8) is 0 Å². The summed E-state index contributed by atoms with van der Waals surface area (Å²) in [6.07, 6.45) is 0.849. The van der Waals surface area contributed by atoms with Gasteiger partial charge in [-0.05, 0) is 42.8 Å². The lowest BCUT2D eigenvalue weighted by molar-refractivity contribution is 0.0940. The molecular weight excluding hydrogens is 422 g/mol. The Balaban J connectivity index is 1.37. The van der Waals surface area contributed by atoms with E-state index in [4.69, 9.17) is 21.1 Å². The number of ether oxygens (including phenoxy) is 2. The number of halogens is 1. The van der Waals surface area contributed by atoms with Gasteiger partial charge in [0, 0.05) is 35.1 Å². The highest BCUT2D eigenvalue weighted by molar-refractivity contribution is 7.07. The molecule has 2 heterocycles. The molecule has 1 aromatic heterocycles. The van der Waals surface area contributed by atoms with Gasteiger partial charge in [-0.1, -0.05) is 17.7 Å². The zero-order valence-corrected chi connectivity index (χ0v) is 18.1. The summed E-state index contributed by atoms with van der Waals surface area (Å²) in [5.74, 6) is 1.31. The third-order valence-electron chi connectivity index (χ3n) is 4.97. The fraction of sp³-hybridized carbons (Fsp3) is 0.273. The lowest BCUT2D eigenvalue weighted by atomic mass is 10.1. The summed E-state index contributed by atoms with van der Waals surface area (Å²) in [6.45, 7) is 1.90. The fourth-order valence-electron chi connectivity index (χ4n) is 3.47. The number of methoxy groups -OCH3 is 1. The summed E-state index contributed by atoms with van der Waals surface area (Å²) >= 11 is 7.69. The molecule has 1 N–H and O–H groups in total. The van der Waals surface area contributed by atoms with Crippen LogP contribution in [0.2, 0.25) is 5.02 Å². The first-order chi connectivity index (χ1) is 14.6. The van der Waals surface area contributed by atoms with Crippen LogP contribution < -0.4 is 19.7 Å². The molecule has 1 unspecified atom stereocenters. The Bertz CT molecular complexity index is 1010. The van der Waals surface area contributed by atoms with E-state index < -0.39 is 0 Å². The molecule has 1 amide bonds. The molecule has 8 heteroatoms. The molecular formula is C22H22ClN3O3S. The minimum atomic E-state index is -0.112. The maximum absolute atomic E-state index is 12.8. The maximum atomic E-state index is 12.8. The van der Waals surface area contributed by atoms with E-state index in [0.29, 0.717) is 29.5 Å². The van der Waals surface area contributed by atoms with Crippen molar-refractivity contribution in [3.05, 3.63) is 69.6 Å². The Morgan fingerprint density at radius 1 is 1.33 bits per heavy atom. The van der Waals surface area contributed by atoms with Crippen LogP contribution in [0, 0.1) is 0 Å². The van der Waals surface area contributed by atoms with Crippen LogP contribution in [0.3, 0.4) is 0 Å². The second kappa shape index (κ2) is 9.36. The predicted molar refractivity (Wildman–Crippen MR) is 119 cm³/mol. The molecule has 3 aromatic rings. The number of benzene rings is 2. The minimum absolute atomic E-state index is 0.0424. The van der Waals surface area contributed by atoms with Gasteiger partial charge in [-0.3, -0.25) is 4.79 Å². The molecule has 0 saturated carbocycles. The molecule has 1 aliphatic heterocycles. The third-order valence-corrected chi connectivity index (χ3v) is 5.84. The van der Waals surface area contributed by atoms with Crippen molar-refractivity contribution in [2.75, 3.05) is 25.1 Å². The highest BCUT2D eigenvalue weighted by atomic mass is 35.5. The Hall–Kier alpha value is -2.77. The monoisotopic (exact) mass is 443 g/mol. The van der Waals surface area contributed by atoms with Crippen molar-refractivity contribution in [3.8, 4) is 11.5 Å². The largest absolute Gasteiger partial charge is 0.495 e. The zero-order chi connectivity index (χ0) is 20.9. The quantitative estimate of drug-likeness (QED) is 0.586. The fourth-order valence-corrected chi connectivity index (χ4v) is 4.18. The van der Waals surface area contributed by atoms with Crippen molar-refractivity contribution >= 4 is 34.5 Å². The number of thiazole rings is 1. The Morgan fingerprint density at radius 3 is 3.03 bits per heavy atom. The second-order valence-electron chi connectivity index (χ2n) is 7.02. The normalized spacial score (nSPS) is 15.8. The number of amides is 1. The topological polar surface area (TPSA) is 63.7 Å². The maximum Gasteiger partial charge on any atom is 0.251 e. The van der Waals surface area contributed by atoms with Crippen molar-refractivity contribution in [1.82, 2.24) is 10.3 Å². The number of hydrogen-bond donors (Lipinski definition) is 1. The van der Waals surface area contributed by atoms with Crippen LogP contribution in [0.25, 0.3) is 0 Å². The lowest BCUT2D eigenvalue weighted by Crippen LogP contribution is -2.37. The van der Waals surface area contributed by atoms with E-state index in [1.165, 1.54) is 11.3 Å². The Labute approximate surface area is 184 Å². The summed E-state index contributed by atoms with van der Waals surface area (Å²) < 4.78 is 11.2. The molecule has 0 aliphatic carbocycles. The number of nitrogens with one attached hydrogen (secondary N) is 1. The number of anilines is 1. The SMILES string of the molecule is COc1ccc(Cl)cc1N1CCC(NC(=O)c2cccc(OCc3cscn3)c2)C1. The standard InChI is InChI=1S/C22H22ClN3O3S/c1-28-21-6-5-16(23)10-20(21)26-8-7-17(11-26)25-22(27)15-3-2-4-19(9-15)29-12-18-13-30-14-24-18/h2-6,9-10,13-14,17H,7-8,11-12H2,1H3,(H,25,27). The van der Waals surface area contributed by atoms with Gasteiger partial charge in [-0.2, -0.15) is 0 Å². The zero-order valence-electron chi connectivity index (χ0n) is 16.5. The van der Waals surface area contributed by atoms with Gasteiger partial charge in [0.2, 0.25) is 0 Å². The van der Waals surface area contributed by atoms with Crippen molar-refractivity contribution in [2.45, 2.75) is 19.1 Å². The summed E-state index contributed by atoms with van der Waals surface area (Å²) in [5.41, 5.74) is 4.16. The number of carbonyl (C=O) groups excluding carboxylic acids is 1. The first-order valence-electron chi connectivity index (χ1n) is 9.61. The molecule has 30 heavy (non-hydrogen) atoms. The van der Waals surface area contributed by atoms with Crippen molar-refractivity contribution in [2.24, 2.45) is 0 Å². The van der Waals surface area contributed by atoms with Crippen molar-refractivity contribution < 1.29 is 14.3 Å². The summed E-state index contributed by atoms with van der Waals surface area (Å²) in [6, 6.07) is 12.8. The van der Waals surface area contributed by atoms with E-state index in [1.807, 2.05) is 35.7 Å². The smallest absolute Gasteiger partial charge is 0.251 e. The van der Waals surface area contributed by atoms with Crippen LogP contribution in [0.1, 0.15) is 22.5 Å². The van der Waals surface area contributed by atoms with Gasteiger partial charge in [0.1, 0.15) is 18.1 Å². The molecule has 1 aliphatic rings. The van der Waals surface area contributed by atoms with Gasteiger partial charge >= 0.3 is 0 Å². The lowest BCUT2D eigenvalue weighted by Gasteiger charge is -2.21. The third kappa shape index (κ3) is 4.86. The number of aromatic nitrogens is 1. The summed E-state index contributed by atoms with van der Waals surface area (Å²) in [4.78, 5) is 19.1. The first-order valence-corrected chi connectivity index (χ1v) is 10.9. The second-order valence-corrected chi connectivity index (χ2v) is 8.17. The van der Waals surface area contributed by atoms with E-state index in [9.17, 15) is 4.79 Å². The molecule has 2 aromatic carbocycles. The Morgan fingerprint density at radius 2 is 2.23 bits per heavy atom. The number of rotatable bonds is 7. The number of nitrogens with zero attached hydrogens (tertiary/aromatic N) is 2. The van der Waals surface area contributed by atoms with Gasteiger partial charge in [-0.15, -0.1) is 11.3 Å². The molecule has 0 spiro atoms. The molecule has 1 saturated heterocycles. The molecule has 0 bridgehead atoms. The average molecular weight is 444 g/mol. The van der Waals surface area contributed by atoms with E-state index in [-0.39, 0.29) is 11.9 Å². The van der Waals surface area contributed by atoms with Gasteiger partial charge in [0.15, 0.2) is 0 Å². The van der Waals surface area contributed by atoms with Gasteiger partial charge in [0.25, 0.3) is 5.91 Å². The highest BCUT2D eigenvalue weighted by Crippen LogP contribution is 2.33. The molecule has 156 valence electrons. The van der Waals surface area contributed by atoms with Crippen LogP contribution in [0.15, 0.2) is 53.4 Å². The molecule has 1 atom stereocenters. The molecule has 4 rings (SSSR count). The highest BCUT2D eigenvalue weighted by Gasteiger charge is 2.26. The van der Waals surface area contributed by atoms with Crippen LogP contribution >= 0.6 is 22.9 Å². The van der Waals surface area contributed by atoms with Crippen LogP contribution in [0.5, 0.6) is 11.5 Å².